The fourth-order valence-corrected chi connectivity index (χ4v) is 2.15. The molecule has 21 heavy (non-hydrogen) atoms. The first-order valence-electron chi connectivity index (χ1n) is 7.00. The van der Waals surface area contributed by atoms with Crippen LogP contribution < -0.4 is 11.1 Å². The second-order valence-electron chi connectivity index (χ2n) is 5.68. The Morgan fingerprint density at radius 1 is 1.29 bits per heavy atom. The van der Waals surface area contributed by atoms with Gasteiger partial charge >= 0.3 is 6.18 Å². The monoisotopic (exact) mass is 309 g/mol. The van der Waals surface area contributed by atoms with Crippen LogP contribution in [0.25, 0.3) is 0 Å². The van der Waals surface area contributed by atoms with Crippen LogP contribution in [0.4, 0.5) is 13.2 Å². The summed E-state index contributed by atoms with van der Waals surface area (Å²) in [7, 11) is 0. The number of alkyl halides is 3. The van der Waals surface area contributed by atoms with Crippen molar-refractivity contribution in [1.82, 2.24) is 10.2 Å². The molecule has 0 bridgehead atoms. The van der Waals surface area contributed by atoms with Gasteiger partial charge in [0.1, 0.15) is 0 Å². The number of rotatable bonds is 4. The average Bonchev–Trinajstić information content (AvgIpc) is 2.42. The summed E-state index contributed by atoms with van der Waals surface area (Å²) < 4.78 is 37.5. The molecule has 1 aliphatic rings. The molecule has 0 aromatic rings. The predicted molar refractivity (Wildman–Crippen MR) is 71.2 cm³/mol. The zero-order valence-electron chi connectivity index (χ0n) is 12.2. The number of nitrogens with one attached hydrogen (secondary N) is 1. The van der Waals surface area contributed by atoms with Crippen LogP contribution in [-0.4, -0.2) is 48.6 Å². The summed E-state index contributed by atoms with van der Waals surface area (Å²) in [6.45, 7) is 3.47. The SMILES string of the molecule is CC(C)[C@H](N)C(=O)NCC(=O)N1CCC(C(F)(F)F)CC1. The van der Waals surface area contributed by atoms with Crippen LogP contribution in [0.1, 0.15) is 26.7 Å². The van der Waals surface area contributed by atoms with Crippen LogP contribution in [0.15, 0.2) is 0 Å². The van der Waals surface area contributed by atoms with Crippen molar-refractivity contribution in [3.63, 3.8) is 0 Å². The smallest absolute Gasteiger partial charge is 0.346 e. The molecule has 0 unspecified atom stereocenters. The van der Waals surface area contributed by atoms with E-state index in [2.05, 4.69) is 5.32 Å². The molecule has 1 aliphatic heterocycles. The molecule has 122 valence electrons. The van der Waals surface area contributed by atoms with Crippen molar-refractivity contribution in [3.8, 4) is 0 Å². The van der Waals surface area contributed by atoms with E-state index in [0.29, 0.717) is 0 Å². The minimum absolute atomic E-state index is 0.0531. The number of likely N-dealkylation sites (tertiary alicyclic amines) is 1. The first-order valence-corrected chi connectivity index (χ1v) is 7.00. The van der Waals surface area contributed by atoms with Gasteiger partial charge in [-0.1, -0.05) is 13.8 Å². The van der Waals surface area contributed by atoms with Crippen molar-refractivity contribution in [1.29, 1.82) is 0 Å². The maximum Gasteiger partial charge on any atom is 0.391 e. The third kappa shape index (κ3) is 5.18. The van der Waals surface area contributed by atoms with Gasteiger partial charge in [-0.05, 0) is 18.8 Å². The van der Waals surface area contributed by atoms with Crippen LogP contribution in [0.5, 0.6) is 0 Å². The quantitative estimate of drug-likeness (QED) is 0.810. The lowest BCUT2D eigenvalue weighted by molar-refractivity contribution is -0.186. The van der Waals surface area contributed by atoms with Gasteiger partial charge < -0.3 is 16.0 Å². The van der Waals surface area contributed by atoms with Crippen molar-refractivity contribution >= 4 is 11.8 Å². The van der Waals surface area contributed by atoms with E-state index in [1.54, 1.807) is 13.8 Å². The summed E-state index contributed by atoms with van der Waals surface area (Å²) in [4.78, 5) is 24.8. The molecule has 8 heteroatoms. The average molecular weight is 309 g/mol. The molecule has 0 aromatic carbocycles. The van der Waals surface area contributed by atoms with E-state index >= 15 is 0 Å². The zero-order chi connectivity index (χ0) is 16.2. The molecule has 0 aliphatic carbocycles. The molecule has 0 radical (unpaired) electrons. The Hall–Kier alpha value is -1.31. The number of nitrogens with two attached hydrogens (primary N) is 1. The first-order chi connectivity index (χ1) is 9.62. The lowest BCUT2D eigenvalue weighted by Gasteiger charge is -2.33. The third-order valence-electron chi connectivity index (χ3n) is 3.75. The Kier molecular flexibility index (Phi) is 6.00. The summed E-state index contributed by atoms with van der Waals surface area (Å²) in [5.74, 6) is -2.20. The van der Waals surface area contributed by atoms with Crippen molar-refractivity contribution in [3.05, 3.63) is 0 Å². The van der Waals surface area contributed by atoms with Gasteiger partial charge in [-0.2, -0.15) is 13.2 Å². The second kappa shape index (κ2) is 7.11. The molecule has 1 heterocycles. The number of hydrogen-bond donors (Lipinski definition) is 2. The van der Waals surface area contributed by atoms with Gasteiger partial charge in [0.25, 0.3) is 0 Å². The summed E-state index contributed by atoms with van der Waals surface area (Å²) in [6, 6.07) is -0.700. The lowest BCUT2D eigenvalue weighted by atomic mass is 9.96. The van der Waals surface area contributed by atoms with Crippen LogP contribution in [0.2, 0.25) is 0 Å². The van der Waals surface area contributed by atoms with E-state index in [1.165, 1.54) is 4.90 Å². The van der Waals surface area contributed by atoms with Crippen molar-refractivity contribution in [2.75, 3.05) is 19.6 Å². The molecule has 1 atom stereocenters. The fourth-order valence-electron chi connectivity index (χ4n) is 2.15. The van der Waals surface area contributed by atoms with Crippen LogP contribution >= 0.6 is 0 Å². The number of amides is 2. The number of piperidine rings is 1. The number of hydrogen-bond acceptors (Lipinski definition) is 3. The molecule has 5 nitrogen and oxygen atoms in total. The predicted octanol–water partition coefficient (Wildman–Crippen LogP) is 0.887. The summed E-state index contributed by atoms with van der Waals surface area (Å²) in [5, 5.41) is 2.42. The van der Waals surface area contributed by atoms with Gasteiger partial charge in [-0.15, -0.1) is 0 Å². The van der Waals surface area contributed by atoms with E-state index in [1.807, 2.05) is 0 Å². The third-order valence-corrected chi connectivity index (χ3v) is 3.75. The number of nitrogens with zero attached hydrogens (tertiary/aromatic N) is 1. The Balaban J connectivity index is 2.37. The zero-order valence-corrected chi connectivity index (χ0v) is 12.2. The maximum absolute atomic E-state index is 12.5. The van der Waals surface area contributed by atoms with Gasteiger partial charge in [-0.25, -0.2) is 0 Å². The minimum atomic E-state index is -4.20. The summed E-state index contributed by atoms with van der Waals surface area (Å²) in [6.07, 6.45) is -4.38. The maximum atomic E-state index is 12.5. The van der Waals surface area contributed by atoms with Gasteiger partial charge in [0.05, 0.1) is 18.5 Å². The highest BCUT2D eigenvalue weighted by molar-refractivity contribution is 5.87. The molecule has 0 spiro atoms. The fraction of sp³-hybridized carbons (Fsp3) is 0.846. The van der Waals surface area contributed by atoms with Gasteiger partial charge in [0.15, 0.2) is 0 Å². The van der Waals surface area contributed by atoms with Crippen LogP contribution in [0.3, 0.4) is 0 Å². The topological polar surface area (TPSA) is 75.4 Å². The number of carbonyl (C=O) groups is 2. The highest BCUT2D eigenvalue weighted by atomic mass is 19.4. The van der Waals surface area contributed by atoms with Crippen LogP contribution in [-0.2, 0) is 9.59 Å². The van der Waals surface area contributed by atoms with Crippen LogP contribution in [0, 0.1) is 11.8 Å². The molecule has 1 saturated heterocycles. The van der Waals surface area contributed by atoms with Gasteiger partial charge in [-0.3, -0.25) is 9.59 Å². The Labute approximate surface area is 122 Å². The number of carbonyl (C=O) groups excluding carboxylic acids is 2. The molecule has 3 N–H and O–H groups in total. The molecule has 0 aromatic heterocycles. The highest BCUT2D eigenvalue weighted by Gasteiger charge is 2.41. The lowest BCUT2D eigenvalue weighted by Crippen LogP contribution is -2.49. The summed E-state index contributed by atoms with van der Waals surface area (Å²) >= 11 is 0. The van der Waals surface area contributed by atoms with E-state index < -0.39 is 24.0 Å². The Morgan fingerprint density at radius 2 is 1.81 bits per heavy atom. The largest absolute Gasteiger partial charge is 0.391 e. The highest BCUT2D eigenvalue weighted by Crippen LogP contribution is 2.33. The molecular weight excluding hydrogens is 287 g/mol. The standard InChI is InChI=1S/C13H22F3N3O2/c1-8(2)11(17)12(21)18-7-10(20)19-5-3-9(4-6-19)13(14,15)16/h8-9,11H,3-7,17H2,1-2H3,(H,18,21)/t11-/m0/s1. The Bertz CT molecular complexity index is 377. The molecule has 1 fully saturated rings. The van der Waals surface area contributed by atoms with E-state index in [9.17, 15) is 22.8 Å². The second-order valence-corrected chi connectivity index (χ2v) is 5.68. The Morgan fingerprint density at radius 3 is 2.24 bits per heavy atom. The molecule has 0 saturated carbocycles. The molecule has 2 amide bonds. The van der Waals surface area contributed by atoms with Gasteiger partial charge in [0.2, 0.25) is 11.8 Å². The van der Waals surface area contributed by atoms with Crippen molar-refractivity contribution < 1.29 is 22.8 Å². The van der Waals surface area contributed by atoms with E-state index in [-0.39, 0.29) is 44.3 Å². The van der Waals surface area contributed by atoms with Gasteiger partial charge in [0, 0.05) is 13.1 Å². The first kappa shape index (κ1) is 17.7. The van der Waals surface area contributed by atoms with Crippen molar-refractivity contribution in [2.24, 2.45) is 17.6 Å². The van der Waals surface area contributed by atoms with Crippen molar-refractivity contribution in [2.45, 2.75) is 38.9 Å². The minimum Gasteiger partial charge on any atom is -0.346 e. The normalized spacial score (nSPS) is 18.7. The molecular formula is C13H22F3N3O2. The molecule has 1 rings (SSSR count). The number of halogens is 3. The van der Waals surface area contributed by atoms with E-state index in [0.717, 1.165) is 0 Å². The summed E-state index contributed by atoms with van der Waals surface area (Å²) in [5.41, 5.74) is 5.63. The van der Waals surface area contributed by atoms with E-state index in [4.69, 9.17) is 5.73 Å².